The van der Waals surface area contributed by atoms with Gasteiger partial charge in [-0.15, -0.1) is 0 Å². The van der Waals surface area contributed by atoms with Gasteiger partial charge in [0.2, 0.25) is 0 Å². The lowest BCUT2D eigenvalue weighted by Crippen LogP contribution is -2.20. The van der Waals surface area contributed by atoms with E-state index in [4.69, 9.17) is 21.7 Å². The van der Waals surface area contributed by atoms with E-state index >= 15 is 0 Å². The summed E-state index contributed by atoms with van der Waals surface area (Å²) in [6, 6.07) is 13.7. The van der Waals surface area contributed by atoms with E-state index in [0.29, 0.717) is 40.2 Å². The quantitative estimate of drug-likeness (QED) is 0.627. The van der Waals surface area contributed by atoms with Crippen molar-refractivity contribution >= 4 is 28.8 Å². The second kappa shape index (κ2) is 8.50. The maximum Gasteiger partial charge on any atom is 0.176 e. The third-order valence-electron chi connectivity index (χ3n) is 3.83. The molecule has 3 rings (SSSR count). The number of hydrogen-bond donors (Lipinski definition) is 2. The van der Waals surface area contributed by atoms with Crippen molar-refractivity contribution in [1.29, 1.82) is 0 Å². The number of nitrogens with zero attached hydrogens (tertiary/aromatic N) is 2. The van der Waals surface area contributed by atoms with Gasteiger partial charge in [-0.3, -0.25) is 4.68 Å². The highest BCUT2D eigenvalue weighted by Gasteiger charge is 2.09. The maximum absolute atomic E-state index is 13.8. The van der Waals surface area contributed by atoms with Crippen LogP contribution in [0, 0.1) is 5.82 Å². The highest BCUT2D eigenvalue weighted by Crippen LogP contribution is 2.29. The lowest BCUT2D eigenvalue weighted by molar-refractivity contribution is 0.395. The van der Waals surface area contributed by atoms with E-state index in [-0.39, 0.29) is 5.82 Å². The summed E-state index contributed by atoms with van der Waals surface area (Å²) in [6.45, 7) is 0.334. The maximum atomic E-state index is 13.8. The Morgan fingerprint density at radius 2 is 1.93 bits per heavy atom. The van der Waals surface area contributed by atoms with E-state index in [1.807, 2.05) is 6.07 Å². The number of rotatable bonds is 6. The first-order valence-electron chi connectivity index (χ1n) is 8.16. The third-order valence-corrected chi connectivity index (χ3v) is 4.03. The van der Waals surface area contributed by atoms with Crippen molar-refractivity contribution in [3.8, 4) is 11.5 Å². The van der Waals surface area contributed by atoms with Crippen LogP contribution in [-0.2, 0) is 6.54 Å². The number of benzene rings is 2. The van der Waals surface area contributed by atoms with Crippen molar-refractivity contribution in [3.63, 3.8) is 0 Å². The molecule has 0 saturated heterocycles. The van der Waals surface area contributed by atoms with E-state index in [1.54, 1.807) is 61.5 Å². The molecule has 0 radical (unpaired) electrons. The van der Waals surface area contributed by atoms with Gasteiger partial charge in [0.1, 0.15) is 17.3 Å². The van der Waals surface area contributed by atoms with Gasteiger partial charge in [0.25, 0.3) is 0 Å². The lowest BCUT2D eigenvalue weighted by Gasteiger charge is -2.13. The van der Waals surface area contributed by atoms with E-state index in [0.717, 1.165) is 0 Å². The average molecular weight is 386 g/mol. The van der Waals surface area contributed by atoms with Gasteiger partial charge in [0, 0.05) is 23.9 Å². The zero-order valence-electron chi connectivity index (χ0n) is 14.9. The molecule has 0 atom stereocenters. The summed E-state index contributed by atoms with van der Waals surface area (Å²) in [5.41, 5.74) is 1.26. The fraction of sp³-hybridized carbons (Fsp3) is 0.158. The summed E-state index contributed by atoms with van der Waals surface area (Å²) in [7, 11) is 3.16. The zero-order valence-corrected chi connectivity index (χ0v) is 15.7. The van der Waals surface area contributed by atoms with Crippen LogP contribution in [0.1, 0.15) is 5.56 Å². The first kappa shape index (κ1) is 18.7. The van der Waals surface area contributed by atoms with E-state index in [9.17, 15) is 4.39 Å². The molecule has 0 aliphatic rings. The first-order chi connectivity index (χ1) is 13.1. The number of thiocarbonyl (C=S) groups is 1. The fourth-order valence-electron chi connectivity index (χ4n) is 2.49. The predicted octanol–water partition coefficient (Wildman–Crippen LogP) is 3.90. The number of halogens is 1. The highest BCUT2D eigenvalue weighted by molar-refractivity contribution is 7.80. The number of nitrogens with one attached hydrogen (secondary N) is 2. The van der Waals surface area contributed by atoms with Gasteiger partial charge in [0.05, 0.1) is 26.5 Å². The van der Waals surface area contributed by atoms with Gasteiger partial charge >= 0.3 is 0 Å². The van der Waals surface area contributed by atoms with E-state index in [2.05, 4.69) is 15.7 Å². The van der Waals surface area contributed by atoms with Gasteiger partial charge < -0.3 is 20.1 Å². The molecule has 0 fully saturated rings. The van der Waals surface area contributed by atoms with Gasteiger partial charge in [-0.2, -0.15) is 5.10 Å². The second-order valence-corrected chi connectivity index (χ2v) is 6.04. The molecule has 2 aromatic carbocycles. The molecule has 27 heavy (non-hydrogen) atoms. The molecule has 0 saturated carbocycles. The average Bonchev–Trinajstić information content (AvgIpc) is 3.10. The Morgan fingerprint density at radius 1 is 1.11 bits per heavy atom. The van der Waals surface area contributed by atoms with Gasteiger partial charge in [-0.1, -0.05) is 18.2 Å². The summed E-state index contributed by atoms with van der Waals surface area (Å²) in [5.74, 6) is 1.58. The van der Waals surface area contributed by atoms with Crippen molar-refractivity contribution in [3.05, 3.63) is 66.1 Å². The molecule has 6 nitrogen and oxygen atoms in total. The van der Waals surface area contributed by atoms with Crippen molar-refractivity contribution < 1.29 is 13.9 Å². The van der Waals surface area contributed by atoms with Crippen LogP contribution in [-0.4, -0.2) is 29.1 Å². The standard InChI is InChI=1S/C19H19FN4O2S/c1-25-14-7-8-16(17(11-14)26-2)21-19(27)22-18-9-10-24(23-18)12-13-5-3-4-6-15(13)20/h3-11H,12H2,1-2H3,(H2,21,22,23,27). The SMILES string of the molecule is COc1ccc(NC(=S)Nc2ccn(Cc3ccccc3F)n2)c(OC)c1. The minimum atomic E-state index is -0.258. The Hall–Kier alpha value is -3.13. The minimum Gasteiger partial charge on any atom is -0.497 e. The molecule has 0 aliphatic carbocycles. The summed E-state index contributed by atoms with van der Waals surface area (Å²) < 4.78 is 25.9. The molecular weight excluding hydrogens is 367 g/mol. The van der Waals surface area contributed by atoms with Crippen LogP contribution < -0.4 is 20.1 Å². The monoisotopic (exact) mass is 386 g/mol. The summed E-state index contributed by atoms with van der Waals surface area (Å²) >= 11 is 5.33. The molecule has 140 valence electrons. The summed E-state index contributed by atoms with van der Waals surface area (Å²) in [5, 5.41) is 10.8. The smallest absolute Gasteiger partial charge is 0.176 e. The number of anilines is 2. The van der Waals surface area contributed by atoms with Gasteiger partial charge in [-0.05, 0) is 30.4 Å². The summed E-state index contributed by atoms with van der Waals surface area (Å²) in [6.07, 6.45) is 1.76. The van der Waals surface area contributed by atoms with Crippen LogP contribution in [0.3, 0.4) is 0 Å². The Kier molecular flexibility index (Phi) is 5.87. The van der Waals surface area contributed by atoms with Crippen LogP contribution in [0.25, 0.3) is 0 Å². The van der Waals surface area contributed by atoms with Gasteiger partial charge in [-0.25, -0.2) is 4.39 Å². The number of ether oxygens (including phenoxy) is 2. The number of hydrogen-bond acceptors (Lipinski definition) is 4. The molecule has 1 aromatic heterocycles. The summed E-state index contributed by atoms with van der Waals surface area (Å²) in [4.78, 5) is 0. The van der Waals surface area contributed by atoms with Crippen LogP contribution >= 0.6 is 12.2 Å². The minimum absolute atomic E-state index is 0.258. The van der Waals surface area contributed by atoms with E-state index in [1.165, 1.54) is 6.07 Å². The lowest BCUT2D eigenvalue weighted by atomic mass is 10.2. The molecule has 0 aliphatic heterocycles. The molecule has 1 heterocycles. The second-order valence-electron chi connectivity index (χ2n) is 5.64. The van der Waals surface area contributed by atoms with Crippen molar-refractivity contribution in [1.82, 2.24) is 9.78 Å². The topological polar surface area (TPSA) is 60.3 Å². The van der Waals surface area contributed by atoms with E-state index < -0.39 is 0 Å². The Morgan fingerprint density at radius 3 is 2.67 bits per heavy atom. The normalized spacial score (nSPS) is 10.3. The number of methoxy groups -OCH3 is 2. The zero-order chi connectivity index (χ0) is 19.2. The molecule has 0 unspecified atom stereocenters. The van der Waals surface area contributed by atoms with Crippen LogP contribution in [0.15, 0.2) is 54.7 Å². The predicted molar refractivity (Wildman–Crippen MR) is 107 cm³/mol. The molecule has 2 N–H and O–H groups in total. The van der Waals surface area contributed by atoms with Crippen LogP contribution in [0.2, 0.25) is 0 Å². The van der Waals surface area contributed by atoms with Crippen LogP contribution in [0.5, 0.6) is 11.5 Å². The Bertz CT molecular complexity index is 945. The fourth-order valence-corrected chi connectivity index (χ4v) is 2.70. The van der Waals surface area contributed by atoms with Crippen molar-refractivity contribution in [2.24, 2.45) is 0 Å². The Labute approximate surface area is 161 Å². The molecule has 0 amide bonds. The van der Waals surface area contributed by atoms with Crippen LogP contribution in [0.4, 0.5) is 15.9 Å². The number of aromatic nitrogens is 2. The highest BCUT2D eigenvalue weighted by atomic mass is 32.1. The molecule has 8 heteroatoms. The Balaban J connectivity index is 1.64. The molecule has 0 spiro atoms. The first-order valence-corrected chi connectivity index (χ1v) is 8.57. The molecule has 3 aromatic rings. The van der Waals surface area contributed by atoms with Gasteiger partial charge in [0.15, 0.2) is 10.9 Å². The van der Waals surface area contributed by atoms with Crippen molar-refractivity contribution in [2.45, 2.75) is 6.54 Å². The molecular formula is C19H19FN4O2S. The third kappa shape index (κ3) is 4.73. The molecule has 0 bridgehead atoms. The van der Waals surface area contributed by atoms with Crippen molar-refractivity contribution in [2.75, 3.05) is 24.9 Å². The largest absolute Gasteiger partial charge is 0.497 e.